The molecule has 0 aliphatic rings. The summed E-state index contributed by atoms with van der Waals surface area (Å²) in [4.78, 5) is 15.3. The molecule has 0 aliphatic heterocycles. The summed E-state index contributed by atoms with van der Waals surface area (Å²) >= 11 is 5.84. The maximum Gasteiger partial charge on any atom is 0.343 e. The molecular weight excluding hydrogens is 204 g/mol. The Labute approximate surface area is 87.0 Å². The zero-order valence-corrected chi connectivity index (χ0v) is 8.76. The van der Waals surface area contributed by atoms with Crippen LogP contribution in [0.15, 0.2) is 6.07 Å². The predicted molar refractivity (Wildman–Crippen MR) is 54.4 cm³/mol. The molecule has 0 saturated carbocycles. The lowest BCUT2D eigenvalue weighted by Gasteiger charge is -2.07. The van der Waals surface area contributed by atoms with Gasteiger partial charge in [0.2, 0.25) is 0 Å². The van der Waals surface area contributed by atoms with Crippen molar-refractivity contribution in [2.24, 2.45) is 0 Å². The fourth-order valence-electron chi connectivity index (χ4n) is 1.06. The first-order valence-electron chi connectivity index (χ1n) is 4.16. The molecule has 4 nitrogen and oxygen atoms in total. The van der Waals surface area contributed by atoms with Gasteiger partial charge in [-0.25, -0.2) is 9.78 Å². The minimum atomic E-state index is -0.539. The highest BCUT2D eigenvalue weighted by molar-refractivity contribution is 6.34. The molecule has 76 valence electrons. The van der Waals surface area contributed by atoms with E-state index in [1.54, 1.807) is 19.9 Å². The van der Waals surface area contributed by atoms with Crippen LogP contribution in [0.5, 0.6) is 0 Å². The predicted octanol–water partition coefficient (Wildman–Crippen LogP) is 1.80. The fourth-order valence-corrected chi connectivity index (χ4v) is 1.39. The van der Waals surface area contributed by atoms with Crippen LogP contribution in [0, 0.1) is 6.92 Å². The first-order chi connectivity index (χ1) is 6.56. The van der Waals surface area contributed by atoms with E-state index in [2.05, 4.69) is 4.98 Å². The first kappa shape index (κ1) is 10.8. The molecule has 0 aromatic carbocycles. The molecule has 0 aliphatic carbocycles. The maximum atomic E-state index is 11.4. The summed E-state index contributed by atoms with van der Waals surface area (Å²) < 4.78 is 4.79. The summed E-state index contributed by atoms with van der Waals surface area (Å²) in [5.74, 6) is -0.434. The van der Waals surface area contributed by atoms with Crippen LogP contribution >= 0.6 is 11.6 Å². The third-order valence-corrected chi connectivity index (χ3v) is 1.91. The molecular formula is C9H11ClN2O2. The highest BCUT2D eigenvalue weighted by Gasteiger charge is 2.16. The van der Waals surface area contributed by atoms with E-state index in [9.17, 15) is 4.79 Å². The van der Waals surface area contributed by atoms with Gasteiger partial charge in [0, 0.05) is 5.69 Å². The van der Waals surface area contributed by atoms with Gasteiger partial charge >= 0.3 is 5.97 Å². The van der Waals surface area contributed by atoms with Crippen LogP contribution in [0.4, 0.5) is 5.82 Å². The number of nitrogens with zero attached hydrogens (tertiary/aromatic N) is 1. The SMILES string of the molecule is CCOC(=O)c1c(Cl)cc(C)nc1N. The minimum absolute atomic E-state index is 0.105. The van der Waals surface area contributed by atoms with E-state index in [1.807, 2.05) is 0 Å². The van der Waals surface area contributed by atoms with Crippen molar-refractivity contribution >= 4 is 23.4 Å². The number of hydrogen-bond acceptors (Lipinski definition) is 4. The lowest BCUT2D eigenvalue weighted by molar-refractivity contribution is 0.0527. The number of pyridine rings is 1. The summed E-state index contributed by atoms with van der Waals surface area (Å²) in [6.45, 7) is 3.74. The van der Waals surface area contributed by atoms with Crippen molar-refractivity contribution < 1.29 is 9.53 Å². The second-order valence-electron chi connectivity index (χ2n) is 2.73. The number of aryl methyl sites for hydroxylation is 1. The molecule has 1 aromatic heterocycles. The van der Waals surface area contributed by atoms with Gasteiger partial charge in [0.25, 0.3) is 0 Å². The standard InChI is InChI=1S/C9H11ClN2O2/c1-3-14-9(13)7-6(10)4-5(2)12-8(7)11/h4H,3H2,1-2H3,(H2,11,12). The van der Waals surface area contributed by atoms with E-state index in [4.69, 9.17) is 22.1 Å². The van der Waals surface area contributed by atoms with Crippen molar-refractivity contribution in [2.75, 3.05) is 12.3 Å². The van der Waals surface area contributed by atoms with Crippen LogP contribution in [0.1, 0.15) is 23.0 Å². The van der Waals surface area contributed by atoms with E-state index in [0.29, 0.717) is 5.69 Å². The first-order valence-corrected chi connectivity index (χ1v) is 4.53. The number of esters is 1. The smallest absolute Gasteiger partial charge is 0.343 e. The van der Waals surface area contributed by atoms with Crippen molar-refractivity contribution in [1.29, 1.82) is 0 Å². The van der Waals surface area contributed by atoms with Crippen LogP contribution in [0.3, 0.4) is 0 Å². The van der Waals surface area contributed by atoms with Gasteiger partial charge in [0.15, 0.2) is 0 Å². The van der Waals surface area contributed by atoms with Crippen LogP contribution in [0.2, 0.25) is 5.02 Å². The van der Waals surface area contributed by atoms with Gasteiger partial charge in [-0.05, 0) is 19.9 Å². The van der Waals surface area contributed by atoms with Crippen molar-refractivity contribution in [3.05, 3.63) is 22.3 Å². The highest BCUT2D eigenvalue weighted by Crippen LogP contribution is 2.22. The fraction of sp³-hybridized carbons (Fsp3) is 0.333. The average molecular weight is 215 g/mol. The summed E-state index contributed by atoms with van der Waals surface area (Å²) in [6, 6.07) is 1.57. The molecule has 0 saturated heterocycles. The molecule has 0 atom stereocenters. The Hall–Kier alpha value is -1.29. The van der Waals surface area contributed by atoms with Gasteiger partial charge in [-0.2, -0.15) is 0 Å². The topological polar surface area (TPSA) is 65.2 Å². The monoisotopic (exact) mass is 214 g/mol. The van der Waals surface area contributed by atoms with Crippen LogP contribution in [0.25, 0.3) is 0 Å². The van der Waals surface area contributed by atoms with Crippen LogP contribution < -0.4 is 5.73 Å². The molecule has 1 heterocycles. The summed E-state index contributed by atoms with van der Waals surface area (Å²) in [7, 11) is 0. The van der Waals surface area contributed by atoms with E-state index in [1.165, 1.54) is 0 Å². The summed E-state index contributed by atoms with van der Waals surface area (Å²) in [6.07, 6.45) is 0. The number of ether oxygens (including phenoxy) is 1. The Balaban J connectivity index is 3.14. The normalized spacial score (nSPS) is 9.93. The molecule has 0 unspecified atom stereocenters. The summed E-state index contributed by atoms with van der Waals surface area (Å²) in [5.41, 5.74) is 6.36. The number of hydrogen-bond donors (Lipinski definition) is 1. The van der Waals surface area contributed by atoms with E-state index < -0.39 is 5.97 Å². The molecule has 0 fully saturated rings. The Morgan fingerprint density at radius 1 is 1.71 bits per heavy atom. The van der Waals surface area contributed by atoms with Gasteiger partial charge < -0.3 is 10.5 Å². The zero-order chi connectivity index (χ0) is 10.7. The lowest BCUT2D eigenvalue weighted by atomic mass is 10.2. The number of carbonyl (C=O) groups excluding carboxylic acids is 1. The third-order valence-electron chi connectivity index (χ3n) is 1.61. The Morgan fingerprint density at radius 3 is 2.86 bits per heavy atom. The van der Waals surface area contributed by atoms with Crippen molar-refractivity contribution in [3.63, 3.8) is 0 Å². The Morgan fingerprint density at radius 2 is 2.36 bits per heavy atom. The molecule has 0 spiro atoms. The number of nitrogen functional groups attached to an aromatic ring is 1. The second kappa shape index (κ2) is 4.28. The number of nitrogens with two attached hydrogens (primary N) is 1. The number of halogens is 1. The molecule has 1 aromatic rings. The van der Waals surface area contributed by atoms with Gasteiger partial charge in [-0.15, -0.1) is 0 Å². The van der Waals surface area contributed by atoms with E-state index >= 15 is 0 Å². The molecule has 0 bridgehead atoms. The van der Waals surface area contributed by atoms with Crippen molar-refractivity contribution in [3.8, 4) is 0 Å². The quantitative estimate of drug-likeness (QED) is 0.763. The van der Waals surface area contributed by atoms with E-state index in [-0.39, 0.29) is 23.0 Å². The minimum Gasteiger partial charge on any atom is -0.462 e. The molecule has 0 radical (unpaired) electrons. The number of rotatable bonds is 2. The molecule has 14 heavy (non-hydrogen) atoms. The van der Waals surface area contributed by atoms with Gasteiger partial charge in [0.1, 0.15) is 11.4 Å². The van der Waals surface area contributed by atoms with Crippen LogP contribution in [-0.4, -0.2) is 17.6 Å². The molecule has 5 heteroatoms. The highest BCUT2D eigenvalue weighted by atomic mass is 35.5. The molecule has 2 N–H and O–H groups in total. The van der Waals surface area contributed by atoms with Crippen molar-refractivity contribution in [1.82, 2.24) is 4.98 Å². The van der Waals surface area contributed by atoms with Gasteiger partial charge in [-0.3, -0.25) is 0 Å². The van der Waals surface area contributed by atoms with E-state index in [0.717, 1.165) is 0 Å². The largest absolute Gasteiger partial charge is 0.462 e. The Kier molecular flexibility index (Phi) is 3.30. The van der Waals surface area contributed by atoms with Gasteiger partial charge in [0.05, 0.1) is 11.6 Å². The number of anilines is 1. The second-order valence-corrected chi connectivity index (χ2v) is 3.13. The van der Waals surface area contributed by atoms with Crippen molar-refractivity contribution in [2.45, 2.75) is 13.8 Å². The average Bonchev–Trinajstić information content (AvgIpc) is 2.01. The van der Waals surface area contributed by atoms with Crippen LogP contribution in [-0.2, 0) is 4.74 Å². The third kappa shape index (κ3) is 2.14. The molecule has 0 amide bonds. The lowest BCUT2D eigenvalue weighted by Crippen LogP contribution is -2.10. The Bertz CT molecular complexity index is 343. The maximum absolute atomic E-state index is 11.4. The van der Waals surface area contributed by atoms with Gasteiger partial charge in [-0.1, -0.05) is 11.6 Å². The summed E-state index contributed by atoms with van der Waals surface area (Å²) in [5, 5.41) is 0.272. The molecule has 1 rings (SSSR count). The number of aromatic nitrogens is 1. The zero-order valence-electron chi connectivity index (χ0n) is 8.00. The number of carbonyl (C=O) groups is 1.